The van der Waals surface area contributed by atoms with Gasteiger partial charge in [0.1, 0.15) is 22.7 Å². The molecule has 3 aromatic carbocycles. The average Bonchev–Trinajstić information content (AvgIpc) is 3.17. The van der Waals surface area contributed by atoms with Crippen LogP contribution < -0.4 is 10.0 Å². The summed E-state index contributed by atoms with van der Waals surface area (Å²) in [6.07, 6.45) is 0. The van der Waals surface area contributed by atoms with Gasteiger partial charge in [0.25, 0.3) is 15.9 Å². The van der Waals surface area contributed by atoms with Crippen LogP contribution in [-0.4, -0.2) is 29.7 Å². The van der Waals surface area contributed by atoms with Crippen molar-refractivity contribution in [1.82, 2.24) is 15.4 Å². The highest BCUT2D eigenvalue weighted by atomic mass is 32.2. The molecule has 1 aromatic heterocycles. The lowest BCUT2D eigenvalue weighted by molar-refractivity contribution is 0.102. The fourth-order valence-corrected chi connectivity index (χ4v) is 3.80. The minimum atomic E-state index is -3.90. The van der Waals surface area contributed by atoms with Gasteiger partial charge in [0.15, 0.2) is 0 Å². The van der Waals surface area contributed by atoms with E-state index in [1.165, 1.54) is 24.3 Å². The number of carbonyl (C=O) groups is 1. The van der Waals surface area contributed by atoms with E-state index in [0.29, 0.717) is 5.69 Å². The lowest BCUT2D eigenvalue weighted by Crippen LogP contribution is -2.14. The second-order valence-corrected chi connectivity index (χ2v) is 7.92. The molecule has 0 saturated carbocycles. The Morgan fingerprint density at radius 1 is 0.867 bits per heavy atom. The molecule has 0 radical (unpaired) electrons. The molecule has 11 heteroatoms. The summed E-state index contributed by atoms with van der Waals surface area (Å²) in [7, 11) is -3.90. The van der Waals surface area contributed by atoms with Crippen LogP contribution in [0.4, 0.5) is 20.2 Å². The molecule has 0 saturated heterocycles. The number of halogens is 2. The first-order valence-corrected chi connectivity index (χ1v) is 10.00. The van der Waals surface area contributed by atoms with Crippen LogP contribution in [0.5, 0.6) is 0 Å². The molecule has 4 aromatic rings. The SMILES string of the molecule is O=C(Nc1ccc(NS(=O)(=O)c2ccc(F)cc2)cc1)c1cc(F)cc2n[nH]nc12. The molecule has 8 nitrogen and oxygen atoms in total. The predicted octanol–water partition coefficient (Wildman–Crippen LogP) is 3.29. The number of sulfonamides is 1. The van der Waals surface area contributed by atoms with Crippen molar-refractivity contribution in [1.29, 1.82) is 0 Å². The Morgan fingerprint density at radius 2 is 1.53 bits per heavy atom. The number of aromatic amines is 1. The zero-order valence-electron chi connectivity index (χ0n) is 15.1. The first-order chi connectivity index (χ1) is 14.3. The van der Waals surface area contributed by atoms with Gasteiger partial charge < -0.3 is 5.32 Å². The van der Waals surface area contributed by atoms with Crippen LogP contribution in [-0.2, 0) is 10.0 Å². The highest BCUT2D eigenvalue weighted by Crippen LogP contribution is 2.21. The lowest BCUT2D eigenvalue weighted by Gasteiger charge is -2.10. The first-order valence-electron chi connectivity index (χ1n) is 8.52. The molecule has 4 rings (SSSR count). The van der Waals surface area contributed by atoms with Gasteiger partial charge in [-0.05, 0) is 54.6 Å². The van der Waals surface area contributed by atoms with Gasteiger partial charge >= 0.3 is 0 Å². The van der Waals surface area contributed by atoms with Crippen LogP contribution in [0, 0.1) is 11.6 Å². The van der Waals surface area contributed by atoms with Gasteiger partial charge in [-0.3, -0.25) is 9.52 Å². The van der Waals surface area contributed by atoms with Crippen LogP contribution in [0.1, 0.15) is 10.4 Å². The minimum absolute atomic E-state index is 0.000149. The number of fused-ring (bicyclic) bond motifs is 1. The van der Waals surface area contributed by atoms with E-state index in [0.717, 1.165) is 36.4 Å². The van der Waals surface area contributed by atoms with Gasteiger partial charge in [-0.25, -0.2) is 17.2 Å². The highest BCUT2D eigenvalue weighted by molar-refractivity contribution is 7.92. The number of aromatic nitrogens is 3. The number of nitrogens with one attached hydrogen (secondary N) is 3. The molecule has 3 N–H and O–H groups in total. The predicted molar refractivity (Wildman–Crippen MR) is 105 cm³/mol. The molecule has 0 aliphatic carbocycles. The molecule has 0 bridgehead atoms. The Morgan fingerprint density at radius 3 is 2.23 bits per heavy atom. The zero-order valence-corrected chi connectivity index (χ0v) is 15.9. The molecule has 0 spiro atoms. The number of carbonyl (C=O) groups excluding carboxylic acids is 1. The van der Waals surface area contributed by atoms with E-state index in [-0.39, 0.29) is 27.2 Å². The standard InChI is InChI=1S/C19H13F2N5O3S/c20-11-1-7-15(8-2-11)30(28,29)25-14-5-3-13(4-6-14)22-19(27)16-9-12(21)10-17-18(16)24-26-23-17/h1-10,25H,(H,22,27)(H,23,24,26). The van der Waals surface area contributed by atoms with Crippen LogP contribution in [0.2, 0.25) is 0 Å². The summed E-state index contributed by atoms with van der Waals surface area (Å²) in [5, 5.41) is 12.5. The summed E-state index contributed by atoms with van der Waals surface area (Å²) in [5.74, 6) is -1.78. The topological polar surface area (TPSA) is 117 Å². The molecule has 0 aliphatic heterocycles. The van der Waals surface area contributed by atoms with Crippen LogP contribution in [0.3, 0.4) is 0 Å². The third-order valence-corrected chi connectivity index (χ3v) is 5.55. The third-order valence-electron chi connectivity index (χ3n) is 4.15. The average molecular weight is 429 g/mol. The molecule has 0 aliphatic rings. The fraction of sp³-hybridized carbons (Fsp3) is 0. The van der Waals surface area contributed by atoms with Crippen molar-refractivity contribution < 1.29 is 22.0 Å². The number of amides is 1. The number of hydrogen-bond acceptors (Lipinski definition) is 5. The van der Waals surface area contributed by atoms with Gasteiger partial charge in [0.2, 0.25) is 0 Å². The number of anilines is 2. The van der Waals surface area contributed by atoms with Crippen molar-refractivity contribution in [3.63, 3.8) is 0 Å². The number of H-pyrrole nitrogens is 1. The van der Waals surface area contributed by atoms with Crippen molar-refractivity contribution in [2.45, 2.75) is 4.90 Å². The van der Waals surface area contributed by atoms with E-state index < -0.39 is 27.6 Å². The summed E-state index contributed by atoms with van der Waals surface area (Å²) in [4.78, 5) is 12.4. The second-order valence-electron chi connectivity index (χ2n) is 6.24. The Hall–Kier alpha value is -3.86. The molecular formula is C19H13F2N5O3S. The van der Waals surface area contributed by atoms with Crippen LogP contribution in [0.15, 0.2) is 65.6 Å². The number of hydrogen-bond donors (Lipinski definition) is 3. The molecule has 0 fully saturated rings. The Kier molecular flexibility index (Phi) is 4.88. The molecule has 152 valence electrons. The number of rotatable bonds is 5. The maximum Gasteiger partial charge on any atom is 0.261 e. The van der Waals surface area contributed by atoms with E-state index >= 15 is 0 Å². The normalized spacial score (nSPS) is 11.4. The van der Waals surface area contributed by atoms with E-state index in [1.54, 1.807) is 0 Å². The Labute approximate surface area is 169 Å². The third kappa shape index (κ3) is 3.96. The monoisotopic (exact) mass is 429 g/mol. The fourth-order valence-electron chi connectivity index (χ4n) is 2.74. The maximum absolute atomic E-state index is 13.7. The van der Waals surface area contributed by atoms with E-state index in [1.807, 2.05) is 0 Å². The van der Waals surface area contributed by atoms with Gasteiger partial charge in [0.05, 0.1) is 10.5 Å². The molecule has 30 heavy (non-hydrogen) atoms. The maximum atomic E-state index is 13.7. The number of nitrogens with zero attached hydrogens (tertiary/aromatic N) is 2. The summed E-state index contributed by atoms with van der Waals surface area (Å²) < 4.78 is 53.7. The van der Waals surface area contributed by atoms with Crippen molar-refractivity contribution >= 4 is 38.3 Å². The summed E-state index contributed by atoms with van der Waals surface area (Å²) in [6, 6.07) is 12.4. The highest BCUT2D eigenvalue weighted by Gasteiger charge is 2.16. The van der Waals surface area contributed by atoms with Crippen molar-refractivity contribution in [2.75, 3.05) is 10.0 Å². The van der Waals surface area contributed by atoms with E-state index in [4.69, 9.17) is 0 Å². The van der Waals surface area contributed by atoms with Gasteiger partial charge in [0, 0.05) is 17.4 Å². The van der Waals surface area contributed by atoms with Gasteiger partial charge in [-0.2, -0.15) is 15.4 Å². The lowest BCUT2D eigenvalue weighted by atomic mass is 10.1. The molecule has 1 heterocycles. The van der Waals surface area contributed by atoms with Gasteiger partial charge in [-0.1, -0.05) is 0 Å². The van der Waals surface area contributed by atoms with Crippen LogP contribution in [0.25, 0.3) is 11.0 Å². The first kappa shape index (κ1) is 19.5. The smallest absolute Gasteiger partial charge is 0.261 e. The van der Waals surface area contributed by atoms with E-state index in [9.17, 15) is 22.0 Å². The van der Waals surface area contributed by atoms with Crippen LogP contribution >= 0.6 is 0 Å². The molecule has 1 amide bonds. The molecule has 0 atom stereocenters. The van der Waals surface area contributed by atoms with E-state index in [2.05, 4.69) is 25.4 Å². The second kappa shape index (κ2) is 7.52. The quantitative estimate of drug-likeness (QED) is 0.450. The minimum Gasteiger partial charge on any atom is -0.322 e. The number of benzene rings is 3. The van der Waals surface area contributed by atoms with Crippen molar-refractivity contribution in [2.24, 2.45) is 0 Å². The Bertz CT molecular complexity index is 1340. The summed E-state index contributed by atoms with van der Waals surface area (Å²) >= 11 is 0. The molecular weight excluding hydrogens is 416 g/mol. The molecule has 0 unspecified atom stereocenters. The summed E-state index contributed by atoms with van der Waals surface area (Å²) in [5.41, 5.74) is 1.02. The van der Waals surface area contributed by atoms with Gasteiger partial charge in [-0.15, -0.1) is 0 Å². The largest absolute Gasteiger partial charge is 0.322 e. The zero-order chi connectivity index (χ0) is 21.3. The van der Waals surface area contributed by atoms with Crippen molar-refractivity contribution in [3.8, 4) is 0 Å². The Balaban J connectivity index is 1.50. The van der Waals surface area contributed by atoms with Crippen molar-refractivity contribution in [3.05, 3.63) is 77.9 Å². The summed E-state index contributed by atoms with van der Waals surface area (Å²) in [6.45, 7) is 0.